The van der Waals surface area contributed by atoms with E-state index in [4.69, 9.17) is 4.74 Å². The van der Waals surface area contributed by atoms with E-state index in [0.29, 0.717) is 13.1 Å². The molecule has 0 spiro atoms. The van der Waals surface area contributed by atoms with Crippen molar-refractivity contribution in [3.05, 3.63) is 72.3 Å². The molecular weight excluding hydrogens is 388 g/mol. The van der Waals surface area contributed by atoms with Crippen LogP contribution in [0.2, 0.25) is 0 Å². The summed E-state index contributed by atoms with van der Waals surface area (Å²) in [5.41, 5.74) is 3.05. The van der Waals surface area contributed by atoms with Gasteiger partial charge >= 0.3 is 0 Å². The molecule has 6 nitrogen and oxygen atoms in total. The molecule has 6 heteroatoms. The molecule has 2 aromatic carbocycles. The van der Waals surface area contributed by atoms with Crippen molar-refractivity contribution in [1.82, 2.24) is 15.5 Å². The molecule has 3 aromatic rings. The lowest BCUT2D eigenvalue weighted by Crippen LogP contribution is -2.43. The van der Waals surface area contributed by atoms with Crippen molar-refractivity contribution < 1.29 is 9.53 Å². The van der Waals surface area contributed by atoms with Crippen molar-refractivity contribution in [2.75, 3.05) is 31.6 Å². The van der Waals surface area contributed by atoms with E-state index in [1.54, 1.807) is 7.11 Å². The van der Waals surface area contributed by atoms with Gasteiger partial charge in [0.25, 0.3) is 0 Å². The molecular formula is C25H28N4O2. The third-order valence-electron chi connectivity index (χ3n) is 5.71. The van der Waals surface area contributed by atoms with E-state index in [-0.39, 0.29) is 11.8 Å². The highest BCUT2D eigenvalue weighted by Gasteiger charge is 2.26. The molecule has 1 N–H and O–H groups in total. The molecule has 2 heterocycles. The van der Waals surface area contributed by atoms with Crippen LogP contribution in [0.4, 0.5) is 5.82 Å². The highest BCUT2D eigenvalue weighted by molar-refractivity contribution is 5.79. The van der Waals surface area contributed by atoms with E-state index in [9.17, 15) is 4.79 Å². The number of hydrogen-bond donors (Lipinski definition) is 1. The third kappa shape index (κ3) is 5.40. The number of hydrogen-bond acceptors (Lipinski definition) is 5. The maximum Gasteiger partial charge on any atom is 0.224 e. The van der Waals surface area contributed by atoms with Gasteiger partial charge in [0.2, 0.25) is 5.91 Å². The molecule has 160 valence electrons. The van der Waals surface area contributed by atoms with Gasteiger partial charge in [-0.2, -0.15) is 0 Å². The van der Waals surface area contributed by atoms with Crippen LogP contribution in [-0.2, 0) is 11.2 Å². The SMILES string of the molecule is COc1ccc(-c2ccc(N3CCCC(C(=O)NCCc4ccccc4)C3)nn2)cc1. The Balaban J connectivity index is 1.32. The van der Waals surface area contributed by atoms with Crippen LogP contribution in [0.15, 0.2) is 66.7 Å². The van der Waals surface area contributed by atoms with Crippen molar-refractivity contribution in [3.8, 4) is 17.0 Å². The Kier molecular flexibility index (Phi) is 6.77. The van der Waals surface area contributed by atoms with Crippen LogP contribution in [0.1, 0.15) is 18.4 Å². The molecule has 1 saturated heterocycles. The number of nitrogens with one attached hydrogen (secondary N) is 1. The summed E-state index contributed by atoms with van der Waals surface area (Å²) in [7, 11) is 1.65. The minimum atomic E-state index is -0.0208. The number of carbonyl (C=O) groups is 1. The molecule has 4 rings (SSSR count). The predicted octanol–water partition coefficient (Wildman–Crippen LogP) is 3.73. The molecule has 1 amide bonds. The van der Waals surface area contributed by atoms with Gasteiger partial charge in [-0.25, -0.2) is 0 Å². The summed E-state index contributed by atoms with van der Waals surface area (Å²) < 4.78 is 5.20. The van der Waals surface area contributed by atoms with Gasteiger partial charge in [-0.15, -0.1) is 10.2 Å². The average Bonchev–Trinajstić information content (AvgIpc) is 2.85. The quantitative estimate of drug-likeness (QED) is 0.636. The fraction of sp³-hybridized carbons (Fsp3) is 0.320. The lowest BCUT2D eigenvalue weighted by molar-refractivity contribution is -0.125. The van der Waals surface area contributed by atoms with Crippen molar-refractivity contribution in [1.29, 1.82) is 0 Å². The number of ether oxygens (including phenoxy) is 1. The number of amides is 1. The van der Waals surface area contributed by atoms with E-state index < -0.39 is 0 Å². The van der Waals surface area contributed by atoms with Gasteiger partial charge in [0, 0.05) is 25.2 Å². The first-order valence-electron chi connectivity index (χ1n) is 10.8. The number of methoxy groups -OCH3 is 1. The highest BCUT2D eigenvalue weighted by atomic mass is 16.5. The smallest absolute Gasteiger partial charge is 0.224 e. The van der Waals surface area contributed by atoms with Crippen LogP contribution in [0.3, 0.4) is 0 Å². The normalized spacial score (nSPS) is 16.0. The Hall–Kier alpha value is -3.41. The third-order valence-corrected chi connectivity index (χ3v) is 5.71. The van der Waals surface area contributed by atoms with E-state index in [2.05, 4.69) is 32.5 Å². The number of aromatic nitrogens is 2. The van der Waals surface area contributed by atoms with E-state index in [1.165, 1.54) is 5.56 Å². The molecule has 1 unspecified atom stereocenters. The molecule has 0 saturated carbocycles. The first kappa shape index (κ1) is 20.8. The summed E-state index contributed by atoms with van der Waals surface area (Å²) >= 11 is 0. The molecule has 0 radical (unpaired) electrons. The molecule has 1 aromatic heterocycles. The van der Waals surface area contributed by atoms with Gasteiger partial charge in [-0.3, -0.25) is 4.79 Å². The minimum absolute atomic E-state index is 0.0208. The second kappa shape index (κ2) is 10.1. The largest absolute Gasteiger partial charge is 0.497 e. The lowest BCUT2D eigenvalue weighted by atomic mass is 9.97. The Labute approximate surface area is 183 Å². The zero-order valence-electron chi connectivity index (χ0n) is 17.8. The van der Waals surface area contributed by atoms with Gasteiger partial charge < -0.3 is 15.0 Å². The Morgan fingerprint density at radius 3 is 2.58 bits per heavy atom. The molecule has 0 bridgehead atoms. The molecule has 1 aliphatic rings. The number of benzene rings is 2. The van der Waals surface area contributed by atoms with Crippen molar-refractivity contribution in [2.45, 2.75) is 19.3 Å². The lowest BCUT2D eigenvalue weighted by Gasteiger charge is -2.32. The standard InChI is InChI=1S/C25H28N4O2/c1-31-22-11-9-20(10-12-22)23-13-14-24(28-27-23)29-17-5-8-21(18-29)25(30)26-16-15-19-6-3-2-4-7-19/h2-4,6-7,9-14,21H,5,8,15-18H2,1H3,(H,26,30). The summed E-state index contributed by atoms with van der Waals surface area (Å²) in [6.45, 7) is 2.23. The highest BCUT2D eigenvalue weighted by Crippen LogP contribution is 2.24. The van der Waals surface area contributed by atoms with E-state index >= 15 is 0 Å². The van der Waals surface area contributed by atoms with Crippen molar-refractivity contribution in [3.63, 3.8) is 0 Å². The summed E-state index contributed by atoms with van der Waals surface area (Å²) in [5, 5.41) is 11.9. The maximum absolute atomic E-state index is 12.7. The molecule has 1 atom stereocenters. The van der Waals surface area contributed by atoms with Gasteiger partial charge in [0.1, 0.15) is 5.75 Å². The Morgan fingerprint density at radius 1 is 1.06 bits per heavy atom. The van der Waals surface area contributed by atoms with Crippen LogP contribution >= 0.6 is 0 Å². The van der Waals surface area contributed by atoms with Crippen molar-refractivity contribution in [2.24, 2.45) is 5.92 Å². The molecule has 31 heavy (non-hydrogen) atoms. The van der Waals surface area contributed by atoms with Gasteiger partial charge in [-0.1, -0.05) is 30.3 Å². The number of nitrogens with zero attached hydrogens (tertiary/aromatic N) is 3. The Bertz CT molecular complexity index is 975. The summed E-state index contributed by atoms with van der Waals surface area (Å²) in [6.07, 6.45) is 2.73. The van der Waals surface area contributed by atoms with E-state index in [0.717, 1.165) is 48.6 Å². The summed E-state index contributed by atoms with van der Waals surface area (Å²) in [6, 6.07) is 22.0. The van der Waals surface area contributed by atoms with Gasteiger partial charge in [-0.05, 0) is 61.2 Å². The number of anilines is 1. The fourth-order valence-electron chi connectivity index (χ4n) is 3.93. The average molecular weight is 417 g/mol. The second-order valence-electron chi connectivity index (χ2n) is 7.82. The van der Waals surface area contributed by atoms with Crippen LogP contribution < -0.4 is 15.0 Å². The summed E-state index contributed by atoms with van der Waals surface area (Å²) in [4.78, 5) is 14.8. The topological polar surface area (TPSA) is 67.3 Å². The minimum Gasteiger partial charge on any atom is -0.497 e. The van der Waals surface area contributed by atoms with Crippen LogP contribution in [-0.4, -0.2) is 42.8 Å². The molecule has 0 aliphatic carbocycles. The maximum atomic E-state index is 12.7. The second-order valence-corrected chi connectivity index (χ2v) is 7.82. The van der Waals surface area contributed by atoms with Crippen molar-refractivity contribution >= 4 is 11.7 Å². The van der Waals surface area contributed by atoms with Crippen LogP contribution in [0.25, 0.3) is 11.3 Å². The molecule has 1 fully saturated rings. The zero-order valence-corrected chi connectivity index (χ0v) is 17.8. The summed E-state index contributed by atoms with van der Waals surface area (Å²) in [5.74, 6) is 1.74. The fourth-order valence-corrected chi connectivity index (χ4v) is 3.93. The van der Waals surface area contributed by atoms with Crippen LogP contribution in [0, 0.1) is 5.92 Å². The monoisotopic (exact) mass is 416 g/mol. The zero-order chi connectivity index (χ0) is 21.5. The molecule has 1 aliphatic heterocycles. The van der Waals surface area contributed by atoms with Gasteiger partial charge in [0.15, 0.2) is 5.82 Å². The number of piperidine rings is 1. The van der Waals surface area contributed by atoms with Crippen LogP contribution in [0.5, 0.6) is 5.75 Å². The Morgan fingerprint density at radius 2 is 1.87 bits per heavy atom. The first-order valence-corrected chi connectivity index (χ1v) is 10.8. The predicted molar refractivity (Wildman–Crippen MR) is 122 cm³/mol. The number of rotatable bonds is 7. The van der Waals surface area contributed by atoms with Gasteiger partial charge in [0.05, 0.1) is 18.7 Å². The first-order chi connectivity index (χ1) is 15.2. The van der Waals surface area contributed by atoms with E-state index in [1.807, 2.05) is 54.6 Å². The number of carbonyl (C=O) groups excluding carboxylic acids is 1.